The molecular formula is C8H9Cl2NO2. The van der Waals surface area contributed by atoms with E-state index in [0.717, 1.165) is 5.56 Å². The Hall–Kier alpha value is -0.350. The second kappa shape index (κ2) is 5.40. The maximum Gasteiger partial charge on any atom is 0.147 e. The highest BCUT2D eigenvalue weighted by molar-refractivity contribution is 6.41. The highest BCUT2D eigenvalue weighted by atomic mass is 35.5. The molecule has 13 heavy (non-hydrogen) atoms. The van der Waals surface area contributed by atoms with Gasteiger partial charge >= 0.3 is 0 Å². The molecule has 0 aromatic carbocycles. The number of nitrogens with zero attached hydrogens (tertiary/aromatic N) is 1. The predicted molar refractivity (Wildman–Crippen MR) is 50.9 cm³/mol. The molecule has 0 unspecified atom stereocenters. The van der Waals surface area contributed by atoms with Crippen LogP contribution in [0.1, 0.15) is 5.56 Å². The van der Waals surface area contributed by atoms with Gasteiger partial charge < -0.3 is 9.47 Å². The number of methoxy groups -OCH3 is 1. The zero-order valence-electron chi connectivity index (χ0n) is 7.09. The fraction of sp³-hybridized carbons (Fsp3) is 0.375. The van der Waals surface area contributed by atoms with Gasteiger partial charge in [0, 0.05) is 13.3 Å². The lowest BCUT2D eigenvalue weighted by molar-refractivity contribution is -0.0391. The Labute approximate surface area is 86.6 Å². The van der Waals surface area contributed by atoms with E-state index < -0.39 is 0 Å². The van der Waals surface area contributed by atoms with Crippen LogP contribution in [0.5, 0.6) is 0 Å². The zero-order valence-corrected chi connectivity index (χ0v) is 8.60. The van der Waals surface area contributed by atoms with Crippen molar-refractivity contribution in [2.45, 2.75) is 6.61 Å². The number of ether oxygens (including phenoxy) is 2. The van der Waals surface area contributed by atoms with Gasteiger partial charge in [0.2, 0.25) is 0 Å². The van der Waals surface area contributed by atoms with E-state index in [1.54, 1.807) is 19.4 Å². The smallest absolute Gasteiger partial charge is 0.147 e. The van der Waals surface area contributed by atoms with Gasteiger partial charge in [-0.05, 0) is 11.6 Å². The van der Waals surface area contributed by atoms with Crippen LogP contribution in [0.4, 0.5) is 0 Å². The summed E-state index contributed by atoms with van der Waals surface area (Å²) >= 11 is 11.4. The first-order valence-electron chi connectivity index (χ1n) is 3.60. The van der Waals surface area contributed by atoms with Crippen molar-refractivity contribution in [1.82, 2.24) is 4.98 Å². The normalized spacial score (nSPS) is 10.4. The molecule has 0 bridgehead atoms. The Morgan fingerprint density at radius 2 is 2.23 bits per heavy atom. The summed E-state index contributed by atoms with van der Waals surface area (Å²) in [7, 11) is 1.56. The summed E-state index contributed by atoms with van der Waals surface area (Å²) in [5, 5.41) is 0.734. The Balaban J connectivity index is 2.53. The minimum atomic E-state index is 0.250. The summed E-state index contributed by atoms with van der Waals surface area (Å²) < 4.78 is 9.82. The molecule has 0 amide bonds. The van der Waals surface area contributed by atoms with Crippen LogP contribution in [0.2, 0.25) is 10.2 Å². The van der Waals surface area contributed by atoms with E-state index in [0.29, 0.717) is 16.8 Å². The predicted octanol–water partition coefficient (Wildman–Crippen LogP) is 2.51. The van der Waals surface area contributed by atoms with Gasteiger partial charge in [0.05, 0.1) is 11.6 Å². The summed E-state index contributed by atoms with van der Waals surface area (Å²) in [5.41, 5.74) is 0.867. The van der Waals surface area contributed by atoms with E-state index in [2.05, 4.69) is 4.98 Å². The van der Waals surface area contributed by atoms with Crippen molar-refractivity contribution >= 4 is 23.2 Å². The third-order valence-electron chi connectivity index (χ3n) is 1.32. The molecule has 1 aromatic rings. The lowest BCUT2D eigenvalue weighted by Gasteiger charge is -2.03. The van der Waals surface area contributed by atoms with E-state index in [4.69, 9.17) is 32.7 Å². The third kappa shape index (κ3) is 3.48. The largest absolute Gasteiger partial charge is 0.359 e. The van der Waals surface area contributed by atoms with Crippen molar-refractivity contribution in [2.24, 2.45) is 0 Å². The summed E-state index contributed by atoms with van der Waals surface area (Å²) in [6.07, 6.45) is 1.61. The van der Waals surface area contributed by atoms with Gasteiger partial charge in [-0.2, -0.15) is 0 Å². The third-order valence-corrected chi connectivity index (χ3v) is 2.01. The van der Waals surface area contributed by atoms with Crippen LogP contribution < -0.4 is 0 Å². The number of aromatic nitrogens is 1. The molecule has 0 fully saturated rings. The second-order valence-corrected chi connectivity index (χ2v) is 3.14. The standard InChI is InChI=1S/C8H9Cl2NO2/c1-12-5-13-4-6-2-7(9)8(10)11-3-6/h2-3H,4-5H2,1H3. The maximum atomic E-state index is 5.75. The molecule has 72 valence electrons. The van der Waals surface area contributed by atoms with Gasteiger partial charge in [-0.25, -0.2) is 4.98 Å². The Morgan fingerprint density at radius 1 is 1.46 bits per heavy atom. The van der Waals surface area contributed by atoms with Gasteiger partial charge in [-0.1, -0.05) is 23.2 Å². The molecule has 0 saturated carbocycles. The van der Waals surface area contributed by atoms with Crippen molar-refractivity contribution in [3.63, 3.8) is 0 Å². The van der Waals surface area contributed by atoms with Crippen LogP contribution >= 0.6 is 23.2 Å². The van der Waals surface area contributed by atoms with E-state index in [-0.39, 0.29) is 6.79 Å². The van der Waals surface area contributed by atoms with Crippen LogP contribution in [0.15, 0.2) is 12.3 Å². The fourth-order valence-electron chi connectivity index (χ4n) is 0.783. The number of halogens is 2. The van der Waals surface area contributed by atoms with E-state index in [1.807, 2.05) is 0 Å². The summed E-state index contributed by atoms with van der Waals surface area (Å²) in [4.78, 5) is 3.87. The molecule has 1 heterocycles. The molecule has 0 aliphatic carbocycles. The van der Waals surface area contributed by atoms with E-state index >= 15 is 0 Å². The first-order chi connectivity index (χ1) is 6.24. The molecule has 1 aromatic heterocycles. The monoisotopic (exact) mass is 221 g/mol. The van der Waals surface area contributed by atoms with Gasteiger partial charge in [0.15, 0.2) is 0 Å². The minimum Gasteiger partial charge on any atom is -0.359 e. The molecule has 0 radical (unpaired) electrons. The van der Waals surface area contributed by atoms with Crippen molar-refractivity contribution in [2.75, 3.05) is 13.9 Å². The molecule has 0 aliphatic heterocycles. The number of pyridine rings is 1. The lowest BCUT2D eigenvalue weighted by Crippen LogP contribution is -1.97. The summed E-state index contributed by atoms with van der Waals surface area (Å²) in [5.74, 6) is 0. The molecule has 0 spiro atoms. The van der Waals surface area contributed by atoms with Crippen LogP contribution in [0.3, 0.4) is 0 Å². The minimum absolute atomic E-state index is 0.250. The van der Waals surface area contributed by atoms with Crippen molar-refractivity contribution in [3.8, 4) is 0 Å². The lowest BCUT2D eigenvalue weighted by atomic mass is 10.3. The molecule has 1 rings (SSSR count). The number of rotatable bonds is 4. The van der Waals surface area contributed by atoms with Crippen molar-refractivity contribution in [3.05, 3.63) is 28.0 Å². The topological polar surface area (TPSA) is 31.4 Å². The highest BCUT2D eigenvalue weighted by Gasteiger charge is 2.00. The zero-order chi connectivity index (χ0) is 9.68. The average Bonchev–Trinajstić information content (AvgIpc) is 2.12. The van der Waals surface area contributed by atoms with Crippen LogP contribution in [0.25, 0.3) is 0 Å². The molecule has 0 atom stereocenters. The highest BCUT2D eigenvalue weighted by Crippen LogP contribution is 2.19. The molecule has 0 N–H and O–H groups in total. The van der Waals surface area contributed by atoms with Crippen molar-refractivity contribution in [1.29, 1.82) is 0 Å². The first kappa shape index (κ1) is 10.7. The average molecular weight is 222 g/mol. The molecule has 3 nitrogen and oxygen atoms in total. The number of hydrogen-bond acceptors (Lipinski definition) is 3. The molecule has 0 saturated heterocycles. The first-order valence-corrected chi connectivity index (χ1v) is 4.36. The van der Waals surface area contributed by atoms with E-state index in [9.17, 15) is 0 Å². The van der Waals surface area contributed by atoms with Gasteiger partial charge in [-0.3, -0.25) is 0 Å². The second-order valence-electron chi connectivity index (χ2n) is 2.37. The van der Waals surface area contributed by atoms with Gasteiger partial charge in [-0.15, -0.1) is 0 Å². The maximum absolute atomic E-state index is 5.75. The van der Waals surface area contributed by atoms with E-state index in [1.165, 1.54) is 0 Å². The number of hydrogen-bond donors (Lipinski definition) is 0. The van der Waals surface area contributed by atoms with Crippen LogP contribution in [-0.2, 0) is 16.1 Å². The Bertz CT molecular complexity index is 281. The molecule has 0 aliphatic rings. The molecular weight excluding hydrogens is 213 g/mol. The summed E-state index contributed by atoms with van der Waals surface area (Å²) in [6.45, 7) is 0.665. The Morgan fingerprint density at radius 3 is 2.85 bits per heavy atom. The van der Waals surface area contributed by atoms with Gasteiger partial charge in [0.1, 0.15) is 11.9 Å². The van der Waals surface area contributed by atoms with Crippen LogP contribution in [-0.4, -0.2) is 18.9 Å². The summed E-state index contributed by atoms with van der Waals surface area (Å²) in [6, 6.07) is 1.71. The quantitative estimate of drug-likeness (QED) is 0.445. The van der Waals surface area contributed by atoms with Gasteiger partial charge in [0.25, 0.3) is 0 Å². The Kier molecular flexibility index (Phi) is 4.45. The van der Waals surface area contributed by atoms with Crippen molar-refractivity contribution < 1.29 is 9.47 Å². The fourth-order valence-corrected chi connectivity index (χ4v) is 1.07. The SMILES string of the molecule is COCOCc1cnc(Cl)c(Cl)c1. The van der Waals surface area contributed by atoms with Crippen LogP contribution in [0, 0.1) is 0 Å². The molecule has 5 heteroatoms.